The topological polar surface area (TPSA) is 52.0 Å². The summed E-state index contributed by atoms with van der Waals surface area (Å²) >= 11 is 0. The van der Waals surface area contributed by atoms with E-state index in [1.165, 1.54) is 69.3 Å². The molecule has 5 aromatic rings. The van der Waals surface area contributed by atoms with Crippen LogP contribution in [-0.2, 0) is 32.1 Å². The van der Waals surface area contributed by atoms with Crippen molar-refractivity contribution in [2.75, 3.05) is 11.5 Å². The van der Waals surface area contributed by atoms with Crippen LogP contribution in [-0.4, -0.2) is 0 Å². The normalized spacial score (nSPS) is 11.0. The molecule has 208 valence electrons. The molecule has 0 aliphatic carbocycles. The molecule has 0 atom stereocenters. The van der Waals surface area contributed by atoms with Crippen LogP contribution in [0.5, 0.6) is 0 Å². The SMILES string of the molecule is CCCCCc1cc(Cc2ccc(Cc3ccc(Cc4ccc(N)cc4)cc3)cc2)ccc1Cc1ccc(N)cc1. The first-order valence-electron chi connectivity index (χ1n) is 15.0. The average molecular weight is 539 g/mol. The summed E-state index contributed by atoms with van der Waals surface area (Å²) in [5.41, 5.74) is 25.6. The van der Waals surface area contributed by atoms with E-state index in [-0.39, 0.29) is 0 Å². The molecule has 5 aromatic carbocycles. The van der Waals surface area contributed by atoms with E-state index in [0.717, 1.165) is 43.5 Å². The van der Waals surface area contributed by atoms with Crippen molar-refractivity contribution < 1.29 is 0 Å². The van der Waals surface area contributed by atoms with Gasteiger partial charge in [-0.25, -0.2) is 0 Å². The van der Waals surface area contributed by atoms with Gasteiger partial charge in [0.2, 0.25) is 0 Å². The fourth-order valence-corrected chi connectivity index (χ4v) is 5.51. The van der Waals surface area contributed by atoms with Gasteiger partial charge in [-0.2, -0.15) is 0 Å². The van der Waals surface area contributed by atoms with Gasteiger partial charge in [0.05, 0.1) is 0 Å². The van der Waals surface area contributed by atoms with Gasteiger partial charge < -0.3 is 11.5 Å². The zero-order valence-electron chi connectivity index (χ0n) is 24.3. The van der Waals surface area contributed by atoms with E-state index < -0.39 is 0 Å². The molecule has 2 nitrogen and oxygen atoms in total. The third-order valence-corrected chi connectivity index (χ3v) is 7.95. The van der Waals surface area contributed by atoms with Crippen LogP contribution in [0.25, 0.3) is 0 Å². The van der Waals surface area contributed by atoms with Crippen LogP contribution in [0.15, 0.2) is 115 Å². The Balaban J connectivity index is 1.21. The Hall–Kier alpha value is -4.30. The fraction of sp³-hybridized carbons (Fsp3) is 0.231. The summed E-state index contributed by atoms with van der Waals surface area (Å²) in [6.07, 6.45) is 8.70. The summed E-state index contributed by atoms with van der Waals surface area (Å²) < 4.78 is 0. The summed E-state index contributed by atoms with van der Waals surface area (Å²) in [6, 6.07) is 41.7. The van der Waals surface area contributed by atoms with Crippen LogP contribution in [0.1, 0.15) is 76.3 Å². The lowest BCUT2D eigenvalue weighted by Crippen LogP contribution is -2.00. The second-order valence-corrected chi connectivity index (χ2v) is 11.4. The third-order valence-electron chi connectivity index (χ3n) is 7.95. The van der Waals surface area contributed by atoms with E-state index >= 15 is 0 Å². The molecule has 0 unspecified atom stereocenters. The van der Waals surface area contributed by atoms with Crippen LogP contribution < -0.4 is 11.5 Å². The van der Waals surface area contributed by atoms with Gasteiger partial charge in [0.25, 0.3) is 0 Å². The molecule has 0 aliphatic heterocycles. The van der Waals surface area contributed by atoms with Gasteiger partial charge in [-0.3, -0.25) is 0 Å². The highest BCUT2D eigenvalue weighted by molar-refractivity contribution is 5.44. The van der Waals surface area contributed by atoms with Crippen molar-refractivity contribution in [2.45, 2.75) is 58.3 Å². The molecule has 0 radical (unpaired) electrons. The Morgan fingerprint density at radius 3 is 1.20 bits per heavy atom. The number of hydrogen-bond donors (Lipinski definition) is 2. The van der Waals surface area contributed by atoms with Gasteiger partial charge in [-0.15, -0.1) is 0 Å². The van der Waals surface area contributed by atoms with E-state index in [9.17, 15) is 0 Å². The first-order chi connectivity index (χ1) is 20.0. The molecule has 4 N–H and O–H groups in total. The van der Waals surface area contributed by atoms with Crippen molar-refractivity contribution in [3.8, 4) is 0 Å². The van der Waals surface area contributed by atoms with Crippen molar-refractivity contribution in [3.63, 3.8) is 0 Å². The Morgan fingerprint density at radius 2 is 0.756 bits per heavy atom. The predicted octanol–water partition coefficient (Wildman–Crippen LogP) is 8.95. The second-order valence-electron chi connectivity index (χ2n) is 11.4. The van der Waals surface area contributed by atoms with Crippen LogP contribution in [0.3, 0.4) is 0 Å². The Kier molecular flexibility index (Phi) is 9.54. The number of nitrogens with two attached hydrogens (primary N) is 2. The highest BCUT2D eigenvalue weighted by Gasteiger charge is 2.08. The molecule has 41 heavy (non-hydrogen) atoms. The zero-order valence-corrected chi connectivity index (χ0v) is 24.3. The summed E-state index contributed by atoms with van der Waals surface area (Å²) in [6.45, 7) is 2.27. The molecule has 0 saturated carbocycles. The number of anilines is 2. The van der Waals surface area contributed by atoms with E-state index in [1.54, 1.807) is 0 Å². The third kappa shape index (κ3) is 8.35. The maximum atomic E-state index is 5.90. The summed E-state index contributed by atoms with van der Waals surface area (Å²) in [7, 11) is 0. The largest absolute Gasteiger partial charge is 0.399 e. The van der Waals surface area contributed by atoms with Gasteiger partial charge in [0, 0.05) is 11.4 Å². The summed E-state index contributed by atoms with van der Waals surface area (Å²) in [5, 5.41) is 0. The Bertz CT molecular complexity index is 1510. The molecule has 0 fully saturated rings. The van der Waals surface area contributed by atoms with Crippen LogP contribution >= 0.6 is 0 Å². The predicted molar refractivity (Wildman–Crippen MR) is 175 cm³/mol. The monoisotopic (exact) mass is 538 g/mol. The smallest absolute Gasteiger partial charge is 0.0314 e. The number of rotatable bonds is 12. The van der Waals surface area contributed by atoms with Gasteiger partial charge in [-0.1, -0.05) is 111 Å². The average Bonchev–Trinajstić information content (AvgIpc) is 2.99. The van der Waals surface area contributed by atoms with E-state index in [1.807, 2.05) is 24.3 Å². The van der Waals surface area contributed by atoms with E-state index in [0.29, 0.717) is 0 Å². The van der Waals surface area contributed by atoms with Crippen molar-refractivity contribution in [3.05, 3.63) is 165 Å². The van der Waals surface area contributed by atoms with E-state index in [2.05, 4.69) is 97.9 Å². The van der Waals surface area contributed by atoms with Gasteiger partial charge in [0.1, 0.15) is 0 Å². The number of aryl methyl sites for hydroxylation is 1. The van der Waals surface area contributed by atoms with Gasteiger partial charge >= 0.3 is 0 Å². The lowest BCUT2D eigenvalue weighted by molar-refractivity contribution is 0.713. The highest BCUT2D eigenvalue weighted by atomic mass is 14.5. The highest BCUT2D eigenvalue weighted by Crippen LogP contribution is 2.22. The first kappa shape index (κ1) is 28.2. The quantitative estimate of drug-likeness (QED) is 0.123. The minimum atomic E-state index is 0.811. The van der Waals surface area contributed by atoms with Crippen LogP contribution in [0, 0.1) is 0 Å². The van der Waals surface area contributed by atoms with E-state index in [4.69, 9.17) is 11.5 Å². The van der Waals surface area contributed by atoms with Crippen LogP contribution in [0.4, 0.5) is 11.4 Å². The molecule has 0 spiro atoms. The second kappa shape index (κ2) is 13.9. The minimum absolute atomic E-state index is 0.811. The van der Waals surface area contributed by atoms with Gasteiger partial charge in [-0.05, 0) is 113 Å². The summed E-state index contributed by atoms with van der Waals surface area (Å²) in [4.78, 5) is 0. The minimum Gasteiger partial charge on any atom is -0.399 e. The Labute approximate surface area is 246 Å². The number of benzene rings is 5. The maximum absolute atomic E-state index is 5.90. The molecule has 0 aliphatic rings. The Morgan fingerprint density at radius 1 is 0.390 bits per heavy atom. The van der Waals surface area contributed by atoms with Crippen molar-refractivity contribution in [1.82, 2.24) is 0 Å². The number of nitrogen functional groups attached to an aromatic ring is 2. The lowest BCUT2D eigenvalue weighted by Gasteiger charge is -2.13. The molecule has 0 bridgehead atoms. The van der Waals surface area contributed by atoms with Crippen molar-refractivity contribution >= 4 is 11.4 Å². The van der Waals surface area contributed by atoms with Gasteiger partial charge in [0.15, 0.2) is 0 Å². The van der Waals surface area contributed by atoms with Crippen LogP contribution in [0.2, 0.25) is 0 Å². The molecular weight excluding hydrogens is 496 g/mol. The first-order valence-corrected chi connectivity index (χ1v) is 15.0. The molecular formula is C39H42N2. The number of unbranched alkanes of at least 4 members (excludes halogenated alkanes) is 2. The number of hydrogen-bond acceptors (Lipinski definition) is 2. The zero-order chi connectivity index (χ0) is 28.4. The molecule has 0 amide bonds. The molecule has 5 rings (SSSR count). The lowest BCUT2D eigenvalue weighted by atomic mass is 9.92. The fourth-order valence-electron chi connectivity index (χ4n) is 5.51. The van der Waals surface area contributed by atoms with Crippen molar-refractivity contribution in [2.24, 2.45) is 0 Å². The molecule has 2 heteroatoms. The molecule has 0 aromatic heterocycles. The maximum Gasteiger partial charge on any atom is 0.0314 e. The standard InChI is InChI=1S/C39H42N2/c1-2-3-4-5-36-28-35(14-19-37(36)27-34-17-22-39(41)23-18-34)26-32-12-10-30(11-13-32)24-29-6-8-31(9-7-29)25-33-15-20-38(40)21-16-33/h6-23,28H,2-5,24-27,40-41H2,1H3. The molecule has 0 heterocycles. The summed E-state index contributed by atoms with van der Waals surface area (Å²) in [5.74, 6) is 0. The van der Waals surface area contributed by atoms with Crippen molar-refractivity contribution in [1.29, 1.82) is 0 Å². The molecule has 0 saturated heterocycles.